The fourth-order valence-electron chi connectivity index (χ4n) is 4.88. The van der Waals surface area contributed by atoms with Crippen LogP contribution in [0.25, 0.3) is 0 Å². The Labute approximate surface area is 229 Å². The van der Waals surface area contributed by atoms with E-state index in [1.54, 1.807) is 43.3 Å². The number of amides is 2. The molecule has 206 valence electrons. The number of benzene rings is 2. The molecule has 5 N–H and O–H groups in total. The molecule has 2 amide bonds. The fraction of sp³-hybridized carbons (Fsp3) is 0.483. The number of phenols is 1. The monoisotopic (exact) mass is 541 g/mol. The number of nitrogens with two attached hydrogens (primary N) is 1. The van der Waals surface area contributed by atoms with E-state index in [2.05, 4.69) is 5.32 Å². The predicted molar refractivity (Wildman–Crippen MR) is 150 cm³/mol. The van der Waals surface area contributed by atoms with Gasteiger partial charge in [0.1, 0.15) is 11.8 Å². The standard InChI is InChI=1S/C29H39N3O5S/c1-7-19-20(14-11-15-22(19)33)23(34)21(16-18-12-9-8-10-13-18)29(30,37)26(36)32-17-38-28(5,6)24(32)25(35)31-27(2,3)4/h8-15,21,24,33,37H,7,16-17,30H2,1-6H3,(H,31,35)/t21-,24-,29+/m1/s1. The van der Waals surface area contributed by atoms with Gasteiger partial charge in [0.2, 0.25) is 11.6 Å². The highest BCUT2D eigenvalue weighted by molar-refractivity contribution is 8.00. The number of rotatable bonds is 8. The van der Waals surface area contributed by atoms with E-state index >= 15 is 0 Å². The lowest BCUT2D eigenvalue weighted by Gasteiger charge is -2.38. The first kappa shape index (κ1) is 29.7. The van der Waals surface area contributed by atoms with E-state index < -0.39 is 39.7 Å². The molecule has 0 spiro atoms. The lowest BCUT2D eigenvalue weighted by Crippen LogP contribution is -2.66. The van der Waals surface area contributed by atoms with Crippen molar-refractivity contribution in [2.45, 2.75) is 76.4 Å². The van der Waals surface area contributed by atoms with Crippen LogP contribution in [0.5, 0.6) is 5.75 Å². The van der Waals surface area contributed by atoms with Gasteiger partial charge in [-0.05, 0) is 59.1 Å². The Hall–Kier alpha value is -2.88. The Morgan fingerprint density at radius 1 is 1.13 bits per heavy atom. The Balaban J connectivity index is 2.06. The summed E-state index contributed by atoms with van der Waals surface area (Å²) in [5, 5.41) is 25.0. The molecule has 2 aromatic rings. The second-order valence-electron chi connectivity index (χ2n) is 11.4. The molecule has 1 saturated heterocycles. The highest BCUT2D eigenvalue weighted by atomic mass is 32.2. The number of carbonyl (C=O) groups is 3. The van der Waals surface area contributed by atoms with Gasteiger partial charge in [-0.15, -0.1) is 11.8 Å². The van der Waals surface area contributed by atoms with Gasteiger partial charge < -0.3 is 20.4 Å². The molecule has 0 aromatic heterocycles. The van der Waals surface area contributed by atoms with Crippen molar-refractivity contribution in [1.82, 2.24) is 10.2 Å². The van der Waals surface area contributed by atoms with E-state index in [0.29, 0.717) is 17.5 Å². The molecule has 1 fully saturated rings. The first-order chi connectivity index (χ1) is 17.6. The van der Waals surface area contributed by atoms with Gasteiger partial charge in [0.25, 0.3) is 5.91 Å². The summed E-state index contributed by atoms with van der Waals surface area (Å²) in [6.45, 7) is 11.1. The number of thioether (sulfide) groups is 1. The number of nitrogens with one attached hydrogen (secondary N) is 1. The number of hydrogen-bond acceptors (Lipinski definition) is 7. The number of hydrogen-bond donors (Lipinski definition) is 4. The third kappa shape index (κ3) is 6.22. The molecule has 1 heterocycles. The van der Waals surface area contributed by atoms with Crippen molar-refractivity contribution in [2.24, 2.45) is 11.7 Å². The van der Waals surface area contributed by atoms with Gasteiger partial charge in [0.05, 0.1) is 11.8 Å². The van der Waals surface area contributed by atoms with Crippen LogP contribution in [-0.4, -0.2) is 60.6 Å². The Kier molecular flexibility index (Phi) is 8.65. The lowest BCUT2D eigenvalue weighted by atomic mass is 9.80. The summed E-state index contributed by atoms with van der Waals surface area (Å²) in [6.07, 6.45) is 0.356. The van der Waals surface area contributed by atoms with Crippen molar-refractivity contribution in [2.75, 3.05) is 5.88 Å². The van der Waals surface area contributed by atoms with Crippen molar-refractivity contribution in [3.63, 3.8) is 0 Å². The zero-order valence-corrected chi connectivity index (χ0v) is 23.8. The maximum absolute atomic E-state index is 14.0. The van der Waals surface area contributed by atoms with E-state index in [9.17, 15) is 24.6 Å². The average Bonchev–Trinajstić information content (AvgIpc) is 3.15. The normalized spacial score (nSPS) is 19.5. The highest BCUT2D eigenvalue weighted by Gasteiger charge is 2.55. The Bertz CT molecular complexity index is 1190. The first-order valence-corrected chi connectivity index (χ1v) is 13.8. The minimum Gasteiger partial charge on any atom is -0.508 e. The molecule has 1 aliphatic rings. The SMILES string of the molecule is CCc1c(O)cccc1C(=O)[C@@H](Cc1ccccc1)[C@](N)(O)C(=O)N1CSC(C)(C)[C@H]1C(=O)NC(C)(C)C. The van der Waals surface area contributed by atoms with Crippen LogP contribution in [0.4, 0.5) is 0 Å². The first-order valence-electron chi connectivity index (χ1n) is 12.8. The van der Waals surface area contributed by atoms with Gasteiger partial charge in [-0.2, -0.15) is 0 Å². The second kappa shape index (κ2) is 11.1. The second-order valence-corrected chi connectivity index (χ2v) is 13.0. The van der Waals surface area contributed by atoms with Crippen molar-refractivity contribution in [3.05, 3.63) is 65.2 Å². The van der Waals surface area contributed by atoms with Crippen molar-refractivity contribution >= 4 is 29.4 Å². The van der Waals surface area contributed by atoms with Crippen LogP contribution in [0.15, 0.2) is 48.5 Å². The van der Waals surface area contributed by atoms with E-state index in [4.69, 9.17) is 5.73 Å². The summed E-state index contributed by atoms with van der Waals surface area (Å²) in [5.74, 6) is -3.08. The van der Waals surface area contributed by atoms with Gasteiger partial charge in [-0.1, -0.05) is 49.4 Å². The smallest absolute Gasteiger partial charge is 0.271 e. The Morgan fingerprint density at radius 2 is 1.76 bits per heavy atom. The number of aliphatic hydroxyl groups is 1. The van der Waals surface area contributed by atoms with Crippen LogP contribution in [0.2, 0.25) is 0 Å². The average molecular weight is 542 g/mol. The summed E-state index contributed by atoms with van der Waals surface area (Å²) in [6, 6.07) is 12.7. The van der Waals surface area contributed by atoms with Crippen LogP contribution < -0.4 is 11.1 Å². The van der Waals surface area contributed by atoms with Gasteiger partial charge in [0.15, 0.2) is 5.78 Å². The van der Waals surface area contributed by atoms with E-state index in [-0.39, 0.29) is 29.5 Å². The molecular weight excluding hydrogens is 502 g/mol. The van der Waals surface area contributed by atoms with Crippen LogP contribution in [0.3, 0.4) is 0 Å². The number of phenolic OH excluding ortho intramolecular Hbond substituents is 1. The van der Waals surface area contributed by atoms with E-state index in [1.165, 1.54) is 22.7 Å². The van der Waals surface area contributed by atoms with Crippen LogP contribution in [-0.2, 0) is 22.4 Å². The van der Waals surface area contributed by atoms with Gasteiger partial charge in [0, 0.05) is 21.4 Å². The maximum Gasteiger partial charge on any atom is 0.271 e. The minimum atomic E-state index is -2.62. The topological polar surface area (TPSA) is 133 Å². The molecule has 0 unspecified atom stereocenters. The lowest BCUT2D eigenvalue weighted by molar-refractivity contribution is -0.159. The number of Topliss-reactive ketones (excluding diaryl/α,β-unsaturated/α-hetero) is 1. The largest absolute Gasteiger partial charge is 0.508 e. The molecule has 0 aliphatic carbocycles. The predicted octanol–water partition coefficient (Wildman–Crippen LogP) is 3.24. The number of ketones is 1. The third-order valence-corrected chi connectivity index (χ3v) is 8.17. The molecule has 3 rings (SSSR count). The molecule has 1 aliphatic heterocycles. The molecule has 9 heteroatoms. The third-order valence-electron chi connectivity index (χ3n) is 6.80. The maximum atomic E-state index is 14.0. The van der Waals surface area contributed by atoms with E-state index in [1.807, 2.05) is 40.7 Å². The molecule has 3 atom stereocenters. The van der Waals surface area contributed by atoms with Crippen LogP contribution >= 0.6 is 11.8 Å². The number of aromatic hydroxyl groups is 1. The summed E-state index contributed by atoms with van der Waals surface area (Å²) in [5.41, 5.74) is 4.58. The molecule has 2 aromatic carbocycles. The zero-order valence-electron chi connectivity index (χ0n) is 22.9. The number of nitrogens with zero attached hydrogens (tertiary/aromatic N) is 1. The highest BCUT2D eigenvalue weighted by Crippen LogP contribution is 2.41. The molecule has 0 bridgehead atoms. The summed E-state index contributed by atoms with van der Waals surface area (Å²) >= 11 is 1.40. The van der Waals surface area contributed by atoms with Crippen molar-refractivity contribution in [3.8, 4) is 5.75 Å². The van der Waals surface area contributed by atoms with E-state index in [0.717, 1.165) is 0 Å². The van der Waals surface area contributed by atoms with Crippen LogP contribution in [0, 0.1) is 5.92 Å². The Morgan fingerprint density at radius 3 is 2.34 bits per heavy atom. The van der Waals surface area contributed by atoms with Gasteiger partial charge >= 0.3 is 0 Å². The number of carbonyl (C=O) groups excluding carboxylic acids is 3. The zero-order chi connectivity index (χ0) is 28.5. The van der Waals surface area contributed by atoms with Crippen molar-refractivity contribution < 1.29 is 24.6 Å². The molecule has 38 heavy (non-hydrogen) atoms. The summed E-state index contributed by atoms with van der Waals surface area (Å²) in [7, 11) is 0. The summed E-state index contributed by atoms with van der Waals surface area (Å²) < 4.78 is -0.652. The molecular formula is C29H39N3O5S. The molecule has 0 radical (unpaired) electrons. The van der Waals surface area contributed by atoms with Crippen LogP contribution in [0.1, 0.15) is 63.0 Å². The van der Waals surface area contributed by atoms with Gasteiger partial charge in [-0.25, -0.2) is 0 Å². The molecule has 0 saturated carbocycles. The van der Waals surface area contributed by atoms with Gasteiger partial charge in [-0.3, -0.25) is 20.1 Å². The van der Waals surface area contributed by atoms with Crippen molar-refractivity contribution in [1.29, 1.82) is 0 Å². The quantitative estimate of drug-likeness (QED) is 0.298. The fourth-order valence-corrected chi connectivity index (χ4v) is 6.01. The molecule has 8 nitrogen and oxygen atoms in total. The minimum absolute atomic E-state index is 0.0134. The summed E-state index contributed by atoms with van der Waals surface area (Å²) in [4.78, 5) is 42.5.